The van der Waals surface area contributed by atoms with Crippen LogP contribution in [0.15, 0.2) is 0 Å². The molecule has 0 bridgehead atoms. The second-order valence-electron chi connectivity index (χ2n) is 3.69. The Kier molecular flexibility index (Phi) is 6.59. The number of nitrogens with one attached hydrogen (secondary N) is 1. The molecule has 0 saturated carbocycles. The molecule has 78 valence electrons. The zero-order valence-corrected chi connectivity index (χ0v) is 8.97. The summed E-state index contributed by atoms with van der Waals surface area (Å²) in [6.07, 6.45) is 4.68. The lowest BCUT2D eigenvalue weighted by atomic mass is 10.1. The lowest BCUT2D eigenvalue weighted by Crippen LogP contribution is -2.42. The molecular weight excluding hydrogens is 164 g/mol. The van der Waals surface area contributed by atoms with Crippen LogP contribution in [-0.4, -0.2) is 18.0 Å². The van der Waals surface area contributed by atoms with Gasteiger partial charge in [-0.2, -0.15) is 0 Å². The minimum Gasteiger partial charge on any atom is -0.352 e. The van der Waals surface area contributed by atoms with Gasteiger partial charge >= 0.3 is 0 Å². The van der Waals surface area contributed by atoms with Gasteiger partial charge in [-0.15, -0.1) is 0 Å². The Morgan fingerprint density at radius 3 is 2.46 bits per heavy atom. The summed E-state index contributed by atoms with van der Waals surface area (Å²) in [5.41, 5.74) is 5.43. The van der Waals surface area contributed by atoms with Crippen molar-refractivity contribution in [3.05, 3.63) is 0 Å². The van der Waals surface area contributed by atoms with Crippen molar-refractivity contribution in [3.8, 4) is 0 Å². The third-order valence-electron chi connectivity index (χ3n) is 2.04. The van der Waals surface area contributed by atoms with Crippen LogP contribution >= 0.6 is 0 Å². The van der Waals surface area contributed by atoms with Crippen LogP contribution in [-0.2, 0) is 4.79 Å². The molecule has 0 aromatic carbocycles. The summed E-state index contributed by atoms with van der Waals surface area (Å²) >= 11 is 0. The zero-order chi connectivity index (χ0) is 10.3. The van der Waals surface area contributed by atoms with Gasteiger partial charge in [-0.3, -0.25) is 4.79 Å². The molecule has 0 spiro atoms. The Bertz CT molecular complexity index is 146. The van der Waals surface area contributed by atoms with E-state index < -0.39 is 6.04 Å². The van der Waals surface area contributed by atoms with Gasteiger partial charge in [-0.25, -0.2) is 0 Å². The van der Waals surface area contributed by atoms with Crippen LogP contribution in [0.3, 0.4) is 0 Å². The van der Waals surface area contributed by atoms with E-state index in [0.717, 1.165) is 6.42 Å². The van der Waals surface area contributed by atoms with Crippen LogP contribution in [0.25, 0.3) is 0 Å². The van der Waals surface area contributed by atoms with E-state index in [1.165, 1.54) is 19.3 Å². The molecule has 0 rings (SSSR count). The molecule has 0 radical (unpaired) electrons. The molecule has 0 heterocycles. The van der Waals surface area contributed by atoms with Crippen molar-refractivity contribution in [3.63, 3.8) is 0 Å². The van der Waals surface area contributed by atoms with Gasteiger partial charge in [0, 0.05) is 6.04 Å². The second kappa shape index (κ2) is 6.89. The number of hydrogen-bond acceptors (Lipinski definition) is 2. The first-order valence-electron chi connectivity index (χ1n) is 5.13. The minimum atomic E-state index is -0.395. The maximum absolute atomic E-state index is 11.1. The third kappa shape index (κ3) is 6.58. The molecule has 0 saturated heterocycles. The smallest absolute Gasteiger partial charge is 0.236 e. The van der Waals surface area contributed by atoms with Crippen LogP contribution in [0.1, 0.15) is 46.5 Å². The molecule has 2 unspecified atom stereocenters. The number of rotatable bonds is 6. The van der Waals surface area contributed by atoms with Gasteiger partial charge in [0.15, 0.2) is 0 Å². The fourth-order valence-electron chi connectivity index (χ4n) is 1.15. The number of hydrogen-bond donors (Lipinski definition) is 2. The van der Waals surface area contributed by atoms with Crippen LogP contribution in [0.5, 0.6) is 0 Å². The Morgan fingerprint density at radius 2 is 2.00 bits per heavy atom. The summed E-state index contributed by atoms with van der Waals surface area (Å²) in [4.78, 5) is 11.1. The van der Waals surface area contributed by atoms with E-state index in [1.807, 2.05) is 6.92 Å². The Hall–Kier alpha value is -0.570. The number of nitrogens with two attached hydrogens (primary N) is 1. The van der Waals surface area contributed by atoms with Gasteiger partial charge in [0.25, 0.3) is 0 Å². The molecule has 1 amide bonds. The topological polar surface area (TPSA) is 55.1 Å². The Labute approximate surface area is 81.1 Å². The van der Waals surface area contributed by atoms with E-state index in [2.05, 4.69) is 12.2 Å². The molecule has 13 heavy (non-hydrogen) atoms. The van der Waals surface area contributed by atoms with Gasteiger partial charge in [0.2, 0.25) is 5.91 Å². The number of carbonyl (C=O) groups excluding carboxylic acids is 1. The van der Waals surface area contributed by atoms with Crippen molar-refractivity contribution in [2.75, 3.05) is 0 Å². The Balaban J connectivity index is 3.50. The van der Waals surface area contributed by atoms with Crippen molar-refractivity contribution in [1.29, 1.82) is 0 Å². The largest absolute Gasteiger partial charge is 0.352 e. The maximum atomic E-state index is 11.1. The molecule has 0 aliphatic rings. The zero-order valence-electron chi connectivity index (χ0n) is 8.97. The second-order valence-corrected chi connectivity index (χ2v) is 3.69. The van der Waals surface area contributed by atoms with Crippen molar-refractivity contribution in [2.45, 2.75) is 58.5 Å². The van der Waals surface area contributed by atoms with Crippen LogP contribution in [0.2, 0.25) is 0 Å². The maximum Gasteiger partial charge on any atom is 0.236 e. The summed E-state index contributed by atoms with van der Waals surface area (Å²) in [6.45, 7) is 5.90. The van der Waals surface area contributed by atoms with E-state index in [9.17, 15) is 4.79 Å². The fourth-order valence-corrected chi connectivity index (χ4v) is 1.15. The molecule has 2 atom stereocenters. The fraction of sp³-hybridized carbons (Fsp3) is 0.900. The molecule has 3 N–H and O–H groups in total. The standard InChI is InChI=1S/C10H22N2O/c1-4-5-6-7-8(2)12-10(13)9(3)11/h8-9H,4-7,11H2,1-3H3,(H,12,13). The number of amides is 1. The van der Waals surface area contributed by atoms with Gasteiger partial charge in [-0.05, 0) is 20.3 Å². The summed E-state index contributed by atoms with van der Waals surface area (Å²) in [5.74, 6) is -0.0519. The molecule has 0 aliphatic carbocycles. The first-order valence-corrected chi connectivity index (χ1v) is 5.13. The van der Waals surface area contributed by atoms with E-state index >= 15 is 0 Å². The summed E-state index contributed by atoms with van der Waals surface area (Å²) in [6, 6.07) is -0.140. The Morgan fingerprint density at radius 1 is 1.38 bits per heavy atom. The average Bonchev–Trinajstić information content (AvgIpc) is 2.04. The molecule has 3 nitrogen and oxygen atoms in total. The SMILES string of the molecule is CCCCCC(C)NC(=O)C(C)N. The highest BCUT2D eigenvalue weighted by Gasteiger charge is 2.09. The van der Waals surface area contributed by atoms with Crippen molar-refractivity contribution in [2.24, 2.45) is 5.73 Å². The summed E-state index contributed by atoms with van der Waals surface area (Å²) in [5, 5.41) is 2.87. The monoisotopic (exact) mass is 186 g/mol. The first kappa shape index (κ1) is 12.4. The van der Waals surface area contributed by atoms with Gasteiger partial charge in [-0.1, -0.05) is 26.2 Å². The predicted molar refractivity (Wildman–Crippen MR) is 55.4 cm³/mol. The highest BCUT2D eigenvalue weighted by Crippen LogP contribution is 2.02. The lowest BCUT2D eigenvalue weighted by Gasteiger charge is -2.14. The van der Waals surface area contributed by atoms with Crippen molar-refractivity contribution in [1.82, 2.24) is 5.32 Å². The van der Waals surface area contributed by atoms with Crippen LogP contribution < -0.4 is 11.1 Å². The highest BCUT2D eigenvalue weighted by molar-refractivity contribution is 5.81. The average molecular weight is 186 g/mol. The first-order chi connectivity index (χ1) is 6.07. The molecular formula is C10H22N2O. The lowest BCUT2D eigenvalue weighted by molar-refractivity contribution is -0.122. The van der Waals surface area contributed by atoms with Gasteiger partial charge < -0.3 is 11.1 Å². The highest BCUT2D eigenvalue weighted by atomic mass is 16.2. The normalized spacial score (nSPS) is 15.1. The van der Waals surface area contributed by atoms with Crippen molar-refractivity contribution >= 4 is 5.91 Å². The number of carbonyl (C=O) groups is 1. The van der Waals surface area contributed by atoms with E-state index in [4.69, 9.17) is 5.73 Å². The molecule has 0 aromatic heterocycles. The van der Waals surface area contributed by atoms with Crippen LogP contribution in [0, 0.1) is 0 Å². The predicted octanol–water partition coefficient (Wildman–Crippen LogP) is 1.42. The molecule has 0 fully saturated rings. The van der Waals surface area contributed by atoms with Crippen LogP contribution in [0.4, 0.5) is 0 Å². The van der Waals surface area contributed by atoms with E-state index in [1.54, 1.807) is 6.92 Å². The summed E-state index contributed by atoms with van der Waals surface area (Å²) < 4.78 is 0. The quantitative estimate of drug-likeness (QED) is 0.616. The van der Waals surface area contributed by atoms with E-state index in [-0.39, 0.29) is 11.9 Å². The minimum absolute atomic E-state index is 0.0519. The number of unbranched alkanes of at least 4 members (excludes halogenated alkanes) is 2. The molecule has 0 aliphatic heterocycles. The summed E-state index contributed by atoms with van der Waals surface area (Å²) in [7, 11) is 0. The van der Waals surface area contributed by atoms with Crippen molar-refractivity contribution < 1.29 is 4.79 Å². The molecule has 3 heteroatoms. The third-order valence-corrected chi connectivity index (χ3v) is 2.04. The van der Waals surface area contributed by atoms with E-state index in [0.29, 0.717) is 0 Å². The molecule has 0 aromatic rings. The van der Waals surface area contributed by atoms with Gasteiger partial charge in [0.1, 0.15) is 0 Å². The van der Waals surface area contributed by atoms with Gasteiger partial charge in [0.05, 0.1) is 6.04 Å².